The average molecular weight is 290 g/mol. The van der Waals surface area contributed by atoms with Crippen molar-refractivity contribution in [3.05, 3.63) is 11.7 Å². The minimum atomic E-state index is 0.210. The molecule has 3 aliphatic rings. The normalized spacial score (nSPS) is 30.1. The Labute approximate surface area is 124 Å². The summed E-state index contributed by atoms with van der Waals surface area (Å²) in [6.07, 6.45) is 7.69. The largest absolute Gasteiger partial charge is 0.339 e. The topological polar surface area (TPSA) is 71.3 Å². The van der Waals surface area contributed by atoms with E-state index in [0.29, 0.717) is 36.8 Å². The summed E-state index contributed by atoms with van der Waals surface area (Å²) >= 11 is 0. The molecule has 1 aromatic heterocycles. The number of amides is 1. The maximum atomic E-state index is 12.3. The summed E-state index contributed by atoms with van der Waals surface area (Å²) in [5.74, 6) is 2.07. The number of carbonyl (C=O) groups excluding carboxylic acids is 1. The van der Waals surface area contributed by atoms with E-state index < -0.39 is 0 Å². The number of carbonyl (C=O) groups is 1. The molecule has 2 atom stereocenters. The zero-order valence-electron chi connectivity index (χ0n) is 12.3. The predicted molar refractivity (Wildman–Crippen MR) is 75.5 cm³/mol. The van der Waals surface area contributed by atoms with Gasteiger partial charge in [-0.25, -0.2) is 0 Å². The molecule has 1 saturated carbocycles. The van der Waals surface area contributed by atoms with E-state index in [2.05, 4.69) is 15.5 Å². The van der Waals surface area contributed by atoms with Crippen molar-refractivity contribution >= 4 is 5.91 Å². The van der Waals surface area contributed by atoms with Crippen LogP contribution in [0.25, 0.3) is 0 Å². The van der Waals surface area contributed by atoms with E-state index in [4.69, 9.17) is 4.52 Å². The van der Waals surface area contributed by atoms with Crippen LogP contribution in [0.15, 0.2) is 4.52 Å². The molecule has 0 radical (unpaired) electrons. The summed E-state index contributed by atoms with van der Waals surface area (Å²) in [5, 5.41) is 7.60. The molecule has 3 fully saturated rings. The molecule has 0 spiro atoms. The average Bonchev–Trinajstić information content (AvgIpc) is 3.16. The first kappa shape index (κ1) is 13.2. The number of nitrogens with one attached hydrogen (secondary N) is 1. The van der Waals surface area contributed by atoms with Crippen LogP contribution in [-0.4, -0.2) is 39.6 Å². The van der Waals surface area contributed by atoms with Crippen LogP contribution >= 0.6 is 0 Å². The highest BCUT2D eigenvalue weighted by atomic mass is 16.5. The van der Waals surface area contributed by atoms with Crippen LogP contribution in [0, 0.1) is 0 Å². The molecule has 21 heavy (non-hydrogen) atoms. The number of rotatable bonds is 3. The van der Waals surface area contributed by atoms with Gasteiger partial charge in [0.15, 0.2) is 5.82 Å². The Morgan fingerprint density at radius 2 is 2.00 bits per heavy atom. The first-order valence-electron chi connectivity index (χ1n) is 8.14. The van der Waals surface area contributed by atoms with Crippen molar-refractivity contribution in [2.75, 3.05) is 6.54 Å². The maximum Gasteiger partial charge on any atom is 0.229 e. The van der Waals surface area contributed by atoms with Crippen molar-refractivity contribution in [2.24, 2.45) is 0 Å². The lowest BCUT2D eigenvalue weighted by atomic mass is 10.1. The van der Waals surface area contributed by atoms with Crippen LogP contribution in [0.5, 0.6) is 0 Å². The molecule has 6 nitrogen and oxygen atoms in total. The van der Waals surface area contributed by atoms with Crippen molar-refractivity contribution in [2.45, 2.75) is 69.5 Å². The Morgan fingerprint density at radius 3 is 2.86 bits per heavy atom. The zero-order valence-corrected chi connectivity index (χ0v) is 12.3. The van der Waals surface area contributed by atoms with Crippen LogP contribution in [0.1, 0.15) is 62.6 Å². The Balaban J connectivity index is 1.44. The smallest absolute Gasteiger partial charge is 0.229 e. The number of likely N-dealkylation sites (tertiary alicyclic amines) is 1. The van der Waals surface area contributed by atoms with Gasteiger partial charge < -0.3 is 14.7 Å². The summed E-state index contributed by atoms with van der Waals surface area (Å²) in [6.45, 7) is 1.25. The van der Waals surface area contributed by atoms with Gasteiger partial charge in [0.25, 0.3) is 0 Å². The molecule has 6 heteroatoms. The van der Waals surface area contributed by atoms with Gasteiger partial charge in [0.05, 0.1) is 6.54 Å². The van der Waals surface area contributed by atoms with Crippen LogP contribution in [0.2, 0.25) is 0 Å². The molecule has 1 aromatic rings. The van der Waals surface area contributed by atoms with Gasteiger partial charge in [0.1, 0.15) is 0 Å². The van der Waals surface area contributed by atoms with Crippen molar-refractivity contribution in [3.63, 3.8) is 0 Å². The second-order valence-electron chi connectivity index (χ2n) is 6.65. The molecule has 114 valence electrons. The fourth-order valence-electron chi connectivity index (χ4n) is 3.91. The summed E-state index contributed by atoms with van der Waals surface area (Å²) in [7, 11) is 0. The summed E-state index contributed by atoms with van der Waals surface area (Å²) in [4.78, 5) is 18.7. The van der Waals surface area contributed by atoms with Gasteiger partial charge in [0.2, 0.25) is 11.8 Å². The van der Waals surface area contributed by atoms with E-state index in [1.807, 2.05) is 4.90 Å². The molecule has 3 heterocycles. The van der Waals surface area contributed by atoms with Crippen LogP contribution < -0.4 is 5.32 Å². The number of fused-ring (bicyclic) bond motifs is 2. The summed E-state index contributed by atoms with van der Waals surface area (Å²) < 4.78 is 5.40. The SMILES string of the molecule is O=C1C[C@@H]2CC[C@H](CN1Cc1noc(C3CCCC3)n1)N2. The van der Waals surface area contributed by atoms with E-state index in [0.717, 1.165) is 38.1 Å². The third-order valence-corrected chi connectivity index (χ3v) is 5.07. The van der Waals surface area contributed by atoms with Crippen LogP contribution in [-0.2, 0) is 11.3 Å². The fraction of sp³-hybridized carbons (Fsp3) is 0.800. The lowest BCUT2D eigenvalue weighted by Gasteiger charge is -2.22. The predicted octanol–water partition coefficient (Wildman–Crippen LogP) is 1.58. The highest BCUT2D eigenvalue weighted by molar-refractivity contribution is 5.77. The molecule has 2 saturated heterocycles. The highest BCUT2D eigenvalue weighted by Gasteiger charge is 2.34. The van der Waals surface area contributed by atoms with Crippen molar-refractivity contribution in [1.29, 1.82) is 0 Å². The first-order valence-corrected chi connectivity index (χ1v) is 8.14. The number of nitrogens with zero attached hydrogens (tertiary/aromatic N) is 3. The first-order chi connectivity index (χ1) is 10.3. The molecule has 0 unspecified atom stereocenters. The second-order valence-corrected chi connectivity index (χ2v) is 6.65. The van der Waals surface area contributed by atoms with Gasteiger partial charge in [-0.15, -0.1) is 0 Å². The number of hydrogen-bond donors (Lipinski definition) is 1. The molecule has 2 aliphatic heterocycles. The zero-order chi connectivity index (χ0) is 14.2. The van der Waals surface area contributed by atoms with E-state index in [9.17, 15) is 4.79 Å². The van der Waals surface area contributed by atoms with Gasteiger partial charge >= 0.3 is 0 Å². The molecule has 1 N–H and O–H groups in total. The van der Waals surface area contributed by atoms with Crippen LogP contribution in [0.4, 0.5) is 0 Å². The summed E-state index contributed by atoms with van der Waals surface area (Å²) in [5.41, 5.74) is 0. The van der Waals surface area contributed by atoms with Gasteiger partial charge in [-0.1, -0.05) is 18.0 Å². The Hall–Kier alpha value is -1.43. The highest BCUT2D eigenvalue weighted by Crippen LogP contribution is 2.33. The van der Waals surface area contributed by atoms with E-state index in [1.54, 1.807) is 0 Å². The summed E-state index contributed by atoms with van der Waals surface area (Å²) in [6, 6.07) is 0.800. The third kappa shape index (κ3) is 2.69. The second kappa shape index (κ2) is 5.40. The maximum absolute atomic E-state index is 12.3. The molecule has 1 amide bonds. The Kier molecular flexibility index (Phi) is 3.41. The molecular weight excluding hydrogens is 268 g/mol. The quantitative estimate of drug-likeness (QED) is 0.915. The monoisotopic (exact) mass is 290 g/mol. The molecule has 1 aliphatic carbocycles. The molecule has 4 rings (SSSR count). The van der Waals surface area contributed by atoms with Crippen molar-refractivity contribution < 1.29 is 9.32 Å². The molecule has 2 bridgehead atoms. The van der Waals surface area contributed by atoms with Crippen LogP contribution in [0.3, 0.4) is 0 Å². The van der Waals surface area contributed by atoms with Gasteiger partial charge in [-0.2, -0.15) is 4.98 Å². The van der Waals surface area contributed by atoms with E-state index in [-0.39, 0.29) is 5.91 Å². The van der Waals surface area contributed by atoms with E-state index in [1.165, 1.54) is 12.8 Å². The van der Waals surface area contributed by atoms with Gasteiger partial charge in [-0.3, -0.25) is 4.79 Å². The lowest BCUT2D eigenvalue weighted by molar-refractivity contribution is -0.132. The Morgan fingerprint density at radius 1 is 1.19 bits per heavy atom. The number of hydrogen-bond acceptors (Lipinski definition) is 5. The van der Waals surface area contributed by atoms with Gasteiger partial charge in [0, 0.05) is 31.0 Å². The van der Waals surface area contributed by atoms with Crippen molar-refractivity contribution in [3.8, 4) is 0 Å². The lowest BCUT2D eigenvalue weighted by Crippen LogP contribution is -2.37. The van der Waals surface area contributed by atoms with Crippen molar-refractivity contribution in [1.82, 2.24) is 20.4 Å². The molecule has 0 aromatic carbocycles. The fourth-order valence-corrected chi connectivity index (χ4v) is 3.91. The molecular formula is C15H22N4O2. The third-order valence-electron chi connectivity index (χ3n) is 5.07. The van der Waals surface area contributed by atoms with Gasteiger partial charge in [-0.05, 0) is 25.7 Å². The number of aromatic nitrogens is 2. The standard InChI is InChI=1S/C15H22N4O2/c20-14-7-11-5-6-12(16-11)8-19(14)9-13-17-15(21-18-13)10-3-1-2-4-10/h10-12,16H,1-9H2/t11-,12+/m0/s1. The minimum Gasteiger partial charge on any atom is -0.339 e. The minimum absolute atomic E-state index is 0.210. The van der Waals surface area contributed by atoms with E-state index >= 15 is 0 Å². The Bertz CT molecular complexity index is 523.